The molecule has 2 unspecified atom stereocenters. The van der Waals surface area contributed by atoms with Gasteiger partial charge in [0.15, 0.2) is 0 Å². The summed E-state index contributed by atoms with van der Waals surface area (Å²) in [4.78, 5) is 15.5. The van der Waals surface area contributed by atoms with Crippen LogP contribution in [0.4, 0.5) is 0 Å². The molecule has 19 heavy (non-hydrogen) atoms. The van der Waals surface area contributed by atoms with E-state index >= 15 is 0 Å². The first-order valence-electron chi connectivity index (χ1n) is 6.84. The van der Waals surface area contributed by atoms with Crippen LogP contribution in [0, 0.1) is 5.92 Å². The first kappa shape index (κ1) is 14.8. The van der Waals surface area contributed by atoms with Gasteiger partial charge in [-0.25, -0.2) is 0 Å². The predicted molar refractivity (Wildman–Crippen MR) is 80.6 cm³/mol. The molecule has 106 valence electrons. The molecular weight excluding hydrogens is 280 g/mol. The Morgan fingerprint density at radius 2 is 2.37 bits per heavy atom. The van der Waals surface area contributed by atoms with Crippen LogP contribution in [-0.2, 0) is 11.2 Å². The quantitative estimate of drug-likeness (QED) is 0.929. The van der Waals surface area contributed by atoms with Crippen LogP contribution in [0.15, 0.2) is 12.1 Å². The maximum Gasteiger partial charge on any atom is 0.223 e. The Labute approximate surface area is 123 Å². The van der Waals surface area contributed by atoms with Crippen molar-refractivity contribution in [2.75, 3.05) is 13.1 Å². The summed E-state index contributed by atoms with van der Waals surface area (Å²) in [5.41, 5.74) is 5.79. The lowest BCUT2D eigenvalue weighted by Crippen LogP contribution is -2.49. The Balaban J connectivity index is 1.88. The van der Waals surface area contributed by atoms with Gasteiger partial charge in [0.25, 0.3) is 0 Å². The van der Waals surface area contributed by atoms with Crippen molar-refractivity contribution in [3.63, 3.8) is 0 Å². The van der Waals surface area contributed by atoms with Crippen LogP contribution in [0.1, 0.15) is 31.1 Å². The van der Waals surface area contributed by atoms with Gasteiger partial charge < -0.3 is 10.6 Å². The minimum atomic E-state index is 0.225. The maximum absolute atomic E-state index is 12.3. The molecule has 1 saturated heterocycles. The monoisotopic (exact) mass is 300 g/mol. The molecule has 1 aliphatic rings. The third-order valence-corrected chi connectivity index (χ3v) is 5.08. The van der Waals surface area contributed by atoms with Gasteiger partial charge in [0.1, 0.15) is 0 Å². The topological polar surface area (TPSA) is 46.3 Å². The second-order valence-corrected chi connectivity index (χ2v) is 7.11. The van der Waals surface area contributed by atoms with Crippen molar-refractivity contribution >= 4 is 28.8 Å². The molecule has 3 nitrogen and oxygen atoms in total. The lowest BCUT2D eigenvalue weighted by molar-refractivity contribution is -0.135. The van der Waals surface area contributed by atoms with Crippen LogP contribution in [0.3, 0.4) is 0 Å². The summed E-state index contributed by atoms with van der Waals surface area (Å²) in [6, 6.07) is 4.11. The Morgan fingerprint density at radius 1 is 1.58 bits per heavy atom. The molecule has 0 aromatic carbocycles. The van der Waals surface area contributed by atoms with Gasteiger partial charge in [0, 0.05) is 30.4 Å². The van der Waals surface area contributed by atoms with E-state index in [2.05, 4.69) is 6.92 Å². The molecule has 1 aromatic heterocycles. The number of hydrogen-bond acceptors (Lipinski definition) is 3. The summed E-state index contributed by atoms with van der Waals surface area (Å²) >= 11 is 7.45. The van der Waals surface area contributed by atoms with E-state index in [0.717, 1.165) is 30.1 Å². The van der Waals surface area contributed by atoms with Crippen molar-refractivity contribution in [3.05, 3.63) is 21.3 Å². The number of amides is 1. The number of aryl methyl sites for hydroxylation is 1. The average molecular weight is 301 g/mol. The number of carbonyl (C=O) groups is 1. The molecule has 5 heteroatoms. The highest BCUT2D eigenvalue weighted by molar-refractivity contribution is 7.16. The first-order chi connectivity index (χ1) is 9.10. The van der Waals surface area contributed by atoms with Gasteiger partial charge in [-0.2, -0.15) is 0 Å². The van der Waals surface area contributed by atoms with Crippen LogP contribution in [0.5, 0.6) is 0 Å². The van der Waals surface area contributed by atoms with E-state index in [0.29, 0.717) is 18.9 Å². The second-order valence-electron chi connectivity index (χ2n) is 5.31. The van der Waals surface area contributed by atoms with E-state index < -0.39 is 0 Å². The zero-order valence-corrected chi connectivity index (χ0v) is 12.8. The number of carbonyl (C=O) groups excluding carboxylic acids is 1. The maximum atomic E-state index is 12.3. The third kappa shape index (κ3) is 3.94. The normalized spacial score (nSPS) is 23.6. The molecule has 0 spiro atoms. The molecule has 1 aromatic rings. The SMILES string of the molecule is CC1CCN(C(=O)CCc2ccc(Cl)s2)C(CN)C1. The largest absolute Gasteiger partial charge is 0.338 e. The molecule has 2 atom stereocenters. The van der Waals surface area contributed by atoms with Gasteiger partial charge in [0.05, 0.1) is 4.34 Å². The van der Waals surface area contributed by atoms with Crippen molar-refractivity contribution in [1.29, 1.82) is 0 Å². The number of nitrogens with two attached hydrogens (primary N) is 1. The molecule has 0 saturated carbocycles. The Hall–Kier alpha value is -0.580. The smallest absolute Gasteiger partial charge is 0.223 e. The van der Waals surface area contributed by atoms with Crippen LogP contribution < -0.4 is 5.73 Å². The summed E-state index contributed by atoms with van der Waals surface area (Å²) < 4.78 is 0.786. The number of piperidine rings is 1. The minimum absolute atomic E-state index is 0.225. The number of nitrogens with zero attached hydrogens (tertiary/aromatic N) is 1. The van der Waals surface area contributed by atoms with E-state index in [-0.39, 0.29) is 11.9 Å². The van der Waals surface area contributed by atoms with E-state index in [1.54, 1.807) is 11.3 Å². The second kappa shape index (κ2) is 6.73. The van der Waals surface area contributed by atoms with E-state index in [9.17, 15) is 4.79 Å². The highest BCUT2D eigenvalue weighted by Crippen LogP contribution is 2.25. The first-order valence-corrected chi connectivity index (χ1v) is 8.03. The molecule has 2 rings (SSSR count). The van der Waals surface area contributed by atoms with Gasteiger partial charge in [-0.1, -0.05) is 18.5 Å². The number of halogens is 1. The van der Waals surface area contributed by atoms with E-state index in [4.69, 9.17) is 17.3 Å². The van der Waals surface area contributed by atoms with Crippen molar-refractivity contribution < 1.29 is 4.79 Å². The number of rotatable bonds is 4. The Kier molecular flexibility index (Phi) is 5.25. The minimum Gasteiger partial charge on any atom is -0.338 e. The van der Waals surface area contributed by atoms with Gasteiger partial charge in [-0.05, 0) is 37.3 Å². The third-order valence-electron chi connectivity index (χ3n) is 3.78. The summed E-state index contributed by atoms with van der Waals surface area (Å²) in [7, 11) is 0. The fraction of sp³-hybridized carbons (Fsp3) is 0.643. The predicted octanol–water partition coefficient (Wildman–Crippen LogP) is 2.92. The number of likely N-dealkylation sites (tertiary alicyclic amines) is 1. The number of hydrogen-bond donors (Lipinski definition) is 1. The highest BCUT2D eigenvalue weighted by Gasteiger charge is 2.28. The summed E-state index contributed by atoms with van der Waals surface area (Å²) in [5, 5.41) is 0. The van der Waals surface area contributed by atoms with Crippen molar-refractivity contribution in [2.45, 2.75) is 38.6 Å². The van der Waals surface area contributed by atoms with Gasteiger partial charge in [-0.3, -0.25) is 4.79 Å². The zero-order chi connectivity index (χ0) is 13.8. The lowest BCUT2D eigenvalue weighted by atomic mass is 9.92. The molecule has 1 aliphatic heterocycles. The Bertz CT molecular complexity index is 435. The van der Waals surface area contributed by atoms with Crippen molar-refractivity contribution in [3.8, 4) is 0 Å². The fourth-order valence-electron chi connectivity index (χ4n) is 2.66. The molecule has 0 bridgehead atoms. The standard InChI is InChI=1S/C14H21ClN2OS/c1-10-6-7-17(11(8-10)9-16)14(18)5-3-12-2-4-13(15)19-12/h2,4,10-11H,3,5-9,16H2,1H3. The van der Waals surface area contributed by atoms with Crippen molar-refractivity contribution in [2.24, 2.45) is 11.7 Å². The molecule has 2 heterocycles. The van der Waals surface area contributed by atoms with Gasteiger partial charge in [0.2, 0.25) is 5.91 Å². The Morgan fingerprint density at radius 3 is 3.00 bits per heavy atom. The zero-order valence-electron chi connectivity index (χ0n) is 11.3. The van der Waals surface area contributed by atoms with Crippen LogP contribution in [-0.4, -0.2) is 29.9 Å². The van der Waals surface area contributed by atoms with Gasteiger partial charge in [-0.15, -0.1) is 11.3 Å². The van der Waals surface area contributed by atoms with Crippen LogP contribution >= 0.6 is 22.9 Å². The summed E-state index contributed by atoms with van der Waals surface area (Å²) in [6.07, 6.45) is 3.46. The van der Waals surface area contributed by atoms with Crippen LogP contribution in [0.2, 0.25) is 4.34 Å². The fourth-order valence-corrected chi connectivity index (χ4v) is 3.75. The lowest BCUT2D eigenvalue weighted by Gasteiger charge is -2.38. The van der Waals surface area contributed by atoms with Crippen molar-refractivity contribution in [1.82, 2.24) is 4.90 Å². The summed E-state index contributed by atoms with van der Waals surface area (Å²) in [5.74, 6) is 0.903. The molecule has 1 amide bonds. The molecule has 0 aliphatic carbocycles. The molecule has 2 N–H and O–H groups in total. The highest BCUT2D eigenvalue weighted by atomic mass is 35.5. The van der Waals surface area contributed by atoms with Crippen LogP contribution in [0.25, 0.3) is 0 Å². The van der Waals surface area contributed by atoms with E-state index in [1.807, 2.05) is 17.0 Å². The molecule has 1 fully saturated rings. The molecular formula is C14H21ClN2OS. The van der Waals surface area contributed by atoms with Gasteiger partial charge >= 0.3 is 0 Å². The van der Waals surface area contributed by atoms with E-state index in [1.165, 1.54) is 4.88 Å². The number of thiophene rings is 1. The molecule has 0 radical (unpaired) electrons. The summed E-state index contributed by atoms with van der Waals surface area (Å²) in [6.45, 7) is 3.66. The average Bonchev–Trinajstić information content (AvgIpc) is 2.81.